The SMILES string of the molecule is Cn1ccc(CCNS(=O)(=O)c2cc(Br)cnc2NN)n1. The molecule has 0 spiro atoms. The van der Waals surface area contributed by atoms with Gasteiger partial charge in [0.1, 0.15) is 4.90 Å². The van der Waals surface area contributed by atoms with Crippen molar-refractivity contribution in [1.82, 2.24) is 19.5 Å². The van der Waals surface area contributed by atoms with E-state index in [0.717, 1.165) is 5.69 Å². The van der Waals surface area contributed by atoms with Crippen LogP contribution >= 0.6 is 15.9 Å². The summed E-state index contributed by atoms with van der Waals surface area (Å²) in [7, 11) is -1.90. The molecule has 21 heavy (non-hydrogen) atoms. The zero-order chi connectivity index (χ0) is 15.5. The van der Waals surface area contributed by atoms with Crippen molar-refractivity contribution in [3.8, 4) is 0 Å². The second kappa shape index (κ2) is 6.52. The lowest BCUT2D eigenvalue weighted by molar-refractivity contribution is 0.581. The highest BCUT2D eigenvalue weighted by atomic mass is 79.9. The van der Waals surface area contributed by atoms with E-state index in [2.05, 4.69) is 36.2 Å². The summed E-state index contributed by atoms with van der Waals surface area (Å²) in [5.74, 6) is 5.37. The molecule has 2 aromatic rings. The van der Waals surface area contributed by atoms with Gasteiger partial charge < -0.3 is 5.43 Å². The maximum absolute atomic E-state index is 12.3. The largest absolute Gasteiger partial charge is 0.307 e. The Bertz CT molecular complexity index is 730. The highest BCUT2D eigenvalue weighted by molar-refractivity contribution is 9.10. The van der Waals surface area contributed by atoms with Crippen LogP contribution in [0.1, 0.15) is 5.69 Å². The lowest BCUT2D eigenvalue weighted by Crippen LogP contribution is -2.28. The second-order valence-electron chi connectivity index (χ2n) is 4.27. The van der Waals surface area contributed by atoms with Gasteiger partial charge in [0.15, 0.2) is 5.82 Å². The minimum atomic E-state index is -3.71. The second-order valence-corrected chi connectivity index (χ2v) is 6.92. The monoisotopic (exact) mass is 374 g/mol. The van der Waals surface area contributed by atoms with E-state index in [9.17, 15) is 8.42 Å². The number of rotatable bonds is 6. The third kappa shape index (κ3) is 4.00. The third-order valence-corrected chi connectivity index (χ3v) is 4.60. The van der Waals surface area contributed by atoms with Crippen LogP contribution in [0.4, 0.5) is 5.82 Å². The van der Waals surface area contributed by atoms with E-state index in [0.29, 0.717) is 10.9 Å². The van der Waals surface area contributed by atoms with Gasteiger partial charge in [-0.15, -0.1) is 0 Å². The summed E-state index contributed by atoms with van der Waals surface area (Å²) in [5.41, 5.74) is 3.08. The summed E-state index contributed by atoms with van der Waals surface area (Å²) >= 11 is 3.19. The number of aromatic nitrogens is 3. The standard InChI is InChI=1S/C11H15BrN6O2S/c1-18-5-3-9(17-18)2-4-15-21(19,20)10-6-8(12)7-14-11(10)16-13/h3,5-7,15H,2,4,13H2,1H3,(H,14,16). The Labute approximate surface area is 130 Å². The molecule has 0 aliphatic carbocycles. The average Bonchev–Trinajstić information content (AvgIpc) is 2.84. The fourth-order valence-electron chi connectivity index (χ4n) is 1.72. The number of nitrogens with two attached hydrogens (primary N) is 1. The Hall–Kier alpha value is -1.49. The number of sulfonamides is 1. The molecular weight excluding hydrogens is 360 g/mol. The van der Waals surface area contributed by atoms with Gasteiger partial charge in [-0.05, 0) is 28.1 Å². The van der Waals surface area contributed by atoms with E-state index in [-0.39, 0.29) is 17.3 Å². The van der Waals surface area contributed by atoms with E-state index in [4.69, 9.17) is 5.84 Å². The highest BCUT2D eigenvalue weighted by Gasteiger charge is 2.19. The molecule has 2 aromatic heterocycles. The van der Waals surface area contributed by atoms with Crippen LogP contribution < -0.4 is 16.0 Å². The fraction of sp³-hybridized carbons (Fsp3) is 0.273. The van der Waals surface area contributed by atoms with Crippen molar-refractivity contribution in [2.24, 2.45) is 12.9 Å². The van der Waals surface area contributed by atoms with Crippen LogP contribution in [0.3, 0.4) is 0 Å². The third-order valence-electron chi connectivity index (χ3n) is 2.69. The van der Waals surface area contributed by atoms with Gasteiger partial charge >= 0.3 is 0 Å². The molecule has 0 saturated heterocycles. The van der Waals surface area contributed by atoms with Crippen molar-refractivity contribution in [1.29, 1.82) is 0 Å². The zero-order valence-electron chi connectivity index (χ0n) is 11.2. The van der Waals surface area contributed by atoms with Gasteiger partial charge in [0.05, 0.1) is 5.69 Å². The molecule has 0 aliphatic heterocycles. The van der Waals surface area contributed by atoms with Gasteiger partial charge in [0.25, 0.3) is 0 Å². The molecule has 0 aliphatic rings. The lowest BCUT2D eigenvalue weighted by Gasteiger charge is -2.10. The molecule has 0 fully saturated rings. The first-order valence-corrected chi connectivity index (χ1v) is 8.30. The number of anilines is 1. The van der Waals surface area contributed by atoms with Crippen molar-refractivity contribution < 1.29 is 8.42 Å². The number of nitrogens with one attached hydrogen (secondary N) is 2. The van der Waals surface area contributed by atoms with Gasteiger partial charge in [-0.3, -0.25) is 4.68 Å². The van der Waals surface area contributed by atoms with Crippen LogP contribution in [0.25, 0.3) is 0 Å². The van der Waals surface area contributed by atoms with E-state index >= 15 is 0 Å². The normalized spacial score (nSPS) is 11.6. The molecule has 8 nitrogen and oxygen atoms in total. The van der Waals surface area contributed by atoms with Crippen molar-refractivity contribution in [2.75, 3.05) is 12.0 Å². The minimum Gasteiger partial charge on any atom is -0.307 e. The maximum Gasteiger partial charge on any atom is 0.244 e. The van der Waals surface area contributed by atoms with E-state index in [1.54, 1.807) is 17.9 Å². The summed E-state index contributed by atoms with van der Waals surface area (Å²) < 4.78 is 29.2. The van der Waals surface area contributed by atoms with Gasteiger partial charge in [-0.25, -0.2) is 24.0 Å². The van der Waals surface area contributed by atoms with E-state index in [1.165, 1.54) is 12.3 Å². The quantitative estimate of drug-likeness (QED) is 0.497. The molecule has 2 heterocycles. The van der Waals surface area contributed by atoms with Crippen molar-refractivity contribution >= 4 is 31.8 Å². The Morgan fingerprint density at radius 2 is 2.24 bits per heavy atom. The summed E-state index contributed by atoms with van der Waals surface area (Å²) in [6, 6.07) is 3.27. The van der Waals surface area contributed by atoms with Crippen LogP contribution in [-0.4, -0.2) is 29.7 Å². The molecule has 0 atom stereocenters. The molecule has 0 saturated carbocycles. The molecule has 2 rings (SSSR count). The highest BCUT2D eigenvalue weighted by Crippen LogP contribution is 2.21. The predicted molar refractivity (Wildman–Crippen MR) is 81.8 cm³/mol. The summed E-state index contributed by atoms with van der Waals surface area (Å²) in [6.07, 6.45) is 3.76. The Balaban J connectivity index is 2.09. The van der Waals surface area contributed by atoms with Crippen LogP contribution in [0, 0.1) is 0 Å². The molecule has 0 radical (unpaired) electrons. The predicted octanol–water partition coefficient (Wildman–Crippen LogP) is 0.384. The Morgan fingerprint density at radius 3 is 2.86 bits per heavy atom. The topological polar surface area (TPSA) is 115 Å². The molecule has 0 aromatic carbocycles. The van der Waals surface area contributed by atoms with Gasteiger partial charge in [0, 0.05) is 36.9 Å². The van der Waals surface area contributed by atoms with Crippen molar-refractivity contribution in [3.63, 3.8) is 0 Å². The number of nitrogen functional groups attached to an aromatic ring is 1. The summed E-state index contributed by atoms with van der Waals surface area (Å²) in [4.78, 5) is 3.90. The number of aryl methyl sites for hydroxylation is 1. The first kappa shape index (κ1) is 15.9. The first-order valence-electron chi connectivity index (χ1n) is 6.03. The summed E-state index contributed by atoms with van der Waals surface area (Å²) in [6.45, 7) is 0.232. The zero-order valence-corrected chi connectivity index (χ0v) is 13.6. The van der Waals surface area contributed by atoms with Crippen molar-refractivity contribution in [2.45, 2.75) is 11.3 Å². The fourth-order valence-corrected chi connectivity index (χ4v) is 3.38. The van der Waals surface area contributed by atoms with Gasteiger partial charge in [-0.1, -0.05) is 0 Å². The maximum atomic E-state index is 12.3. The molecular formula is C11H15BrN6O2S. The molecule has 0 unspecified atom stereocenters. The van der Waals surface area contributed by atoms with Gasteiger partial charge in [0.2, 0.25) is 10.0 Å². The number of halogens is 1. The van der Waals surface area contributed by atoms with Crippen LogP contribution in [0.15, 0.2) is 33.9 Å². The smallest absolute Gasteiger partial charge is 0.244 e. The first-order chi connectivity index (χ1) is 9.92. The number of hydrogen-bond donors (Lipinski definition) is 3. The minimum absolute atomic E-state index is 0.0135. The van der Waals surface area contributed by atoms with E-state index < -0.39 is 10.0 Å². The molecule has 10 heteroatoms. The molecule has 0 bridgehead atoms. The number of hydrogen-bond acceptors (Lipinski definition) is 6. The number of pyridine rings is 1. The van der Waals surface area contributed by atoms with E-state index in [1.807, 2.05) is 6.07 Å². The Morgan fingerprint density at radius 1 is 1.48 bits per heavy atom. The van der Waals surface area contributed by atoms with Gasteiger partial charge in [-0.2, -0.15) is 5.10 Å². The number of hydrazine groups is 1. The molecule has 4 N–H and O–H groups in total. The molecule has 0 amide bonds. The Kier molecular flexibility index (Phi) is 4.93. The van der Waals surface area contributed by atoms with Crippen LogP contribution in [0.5, 0.6) is 0 Å². The number of nitrogens with zero attached hydrogens (tertiary/aromatic N) is 3. The summed E-state index contributed by atoms with van der Waals surface area (Å²) in [5, 5.41) is 4.18. The van der Waals surface area contributed by atoms with Crippen LogP contribution in [-0.2, 0) is 23.5 Å². The molecule has 114 valence electrons. The van der Waals surface area contributed by atoms with Crippen LogP contribution in [0.2, 0.25) is 0 Å². The average molecular weight is 375 g/mol. The van der Waals surface area contributed by atoms with Crippen molar-refractivity contribution in [3.05, 3.63) is 34.7 Å². The lowest BCUT2D eigenvalue weighted by atomic mass is 10.3.